The Morgan fingerprint density at radius 3 is 2.67 bits per heavy atom. The number of nitrogens with one attached hydrogen (secondary N) is 1. The first kappa shape index (κ1) is 12.7. The Morgan fingerprint density at radius 2 is 2.13 bits per heavy atom. The van der Waals surface area contributed by atoms with Crippen molar-refractivity contribution in [1.82, 2.24) is 10.2 Å². The van der Waals surface area contributed by atoms with Gasteiger partial charge in [0.1, 0.15) is 0 Å². The van der Waals surface area contributed by atoms with Gasteiger partial charge < -0.3 is 5.32 Å². The second-order valence-electron chi connectivity index (χ2n) is 4.41. The van der Waals surface area contributed by atoms with Crippen molar-refractivity contribution in [3.8, 4) is 0 Å². The summed E-state index contributed by atoms with van der Waals surface area (Å²) in [5.41, 5.74) is 0. The topological polar surface area (TPSA) is 15.3 Å². The second-order valence-corrected chi connectivity index (χ2v) is 5.44. The highest BCUT2D eigenvalue weighted by molar-refractivity contribution is 7.09. The van der Waals surface area contributed by atoms with Gasteiger partial charge in [-0.3, -0.25) is 4.90 Å². The van der Waals surface area contributed by atoms with Gasteiger partial charge in [-0.15, -0.1) is 11.3 Å². The van der Waals surface area contributed by atoms with Gasteiger partial charge in [-0.25, -0.2) is 0 Å². The van der Waals surface area contributed by atoms with E-state index in [0.717, 1.165) is 13.1 Å². The van der Waals surface area contributed by atoms with E-state index in [0.29, 0.717) is 12.1 Å². The smallest absolute Gasteiger partial charge is 0.0328 e. The van der Waals surface area contributed by atoms with E-state index in [-0.39, 0.29) is 0 Å². The molecule has 0 radical (unpaired) electrons. The van der Waals surface area contributed by atoms with Gasteiger partial charge in [0.2, 0.25) is 0 Å². The number of likely N-dealkylation sites (N-methyl/N-ethyl adjacent to an activating group) is 1. The van der Waals surface area contributed by atoms with Gasteiger partial charge in [-0.05, 0) is 25.4 Å². The van der Waals surface area contributed by atoms with Gasteiger partial charge in [0, 0.05) is 30.1 Å². The van der Waals surface area contributed by atoms with Crippen LogP contribution in [0.5, 0.6) is 0 Å². The molecule has 3 heteroatoms. The number of hydrogen-bond donors (Lipinski definition) is 1. The first-order valence-electron chi connectivity index (χ1n) is 5.55. The highest BCUT2D eigenvalue weighted by Crippen LogP contribution is 2.12. The number of hydrogen-bond acceptors (Lipinski definition) is 3. The number of thiophene rings is 1. The van der Waals surface area contributed by atoms with Gasteiger partial charge in [-0.1, -0.05) is 19.9 Å². The summed E-state index contributed by atoms with van der Waals surface area (Å²) in [6, 6.07) is 5.46. The predicted octanol–water partition coefficient (Wildman–Crippen LogP) is 2.57. The Balaban J connectivity index is 2.30. The fourth-order valence-corrected chi connectivity index (χ4v) is 2.13. The third kappa shape index (κ3) is 4.78. The Hall–Kier alpha value is -0.380. The van der Waals surface area contributed by atoms with E-state index in [4.69, 9.17) is 0 Å². The standard InChI is InChI=1S/C12H22N2S/c1-10(2)13-8-11(3)14(4)9-12-6-5-7-15-12/h5-7,10-11,13H,8-9H2,1-4H3. The van der Waals surface area contributed by atoms with Crippen LogP contribution in [0.2, 0.25) is 0 Å². The molecule has 0 fully saturated rings. The second kappa shape index (κ2) is 6.26. The maximum atomic E-state index is 3.47. The lowest BCUT2D eigenvalue weighted by Gasteiger charge is -2.25. The van der Waals surface area contributed by atoms with Crippen molar-refractivity contribution in [2.75, 3.05) is 13.6 Å². The highest BCUT2D eigenvalue weighted by atomic mass is 32.1. The van der Waals surface area contributed by atoms with E-state index < -0.39 is 0 Å². The minimum atomic E-state index is 0.572. The summed E-state index contributed by atoms with van der Waals surface area (Å²) in [4.78, 5) is 3.83. The molecule has 1 aromatic rings. The summed E-state index contributed by atoms with van der Waals surface area (Å²) in [5, 5.41) is 5.61. The maximum absolute atomic E-state index is 3.47. The summed E-state index contributed by atoms with van der Waals surface area (Å²) in [6.07, 6.45) is 0. The highest BCUT2D eigenvalue weighted by Gasteiger charge is 2.09. The molecule has 1 atom stereocenters. The molecule has 2 nitrogen and oxygen atoms in total. The molecule has 0 aliphatic rings. The molecule has 1 heterocycles. The van der Waals surface area contributed by atoms with Gasteiger partial charge in [0.25, 0.3) is 0 Å². The molecule has 86 valence electrons. The third-order valence-corrected chi connectivity index (χ3v) is 3.42. The van der Waals surface area contributed by atoms with Crippen LogP contribution in [0, 0.1) is 0 Å². The number of rotatable bonds is 6. The van der Waals surface area contributed by atoms with Crippen molar-refractivity contribution >= 4 is 11.3 Å². The fourth-order valence-electron chi connectivity index (χ4n) is 1.37. The van der Waals surface area contributed by atoms with Crippen LogP contribution in [0.1, 0.15) is 25.6 Å². The quantitative estimate of drug-likeness (QED) is 0.802. The zero-order valence-electron chi connectivity index (χ0n) is 10.2. The van der Waals surface area contributed by atoms with Crippen LogP contribution >= 0.6 is 11.3 Å². The van der Waals surface area contributed by atoms with Crippen molar-refractivity contribution in [3.63, 3.8) is 0 Å². The van der Waals surface area contributed by atoms with Gasteiger partial charge >= 0.3 is 0 Å². The Morgan fingerprint density at radius 1 is 1.40 bits per heavy atom. The minimum Gasteiger partial charge on any atom is -0.313 e. The van der Waals surface area contributed by atoms with Crippen LogP contribution in [0.4, 0.5) is 0 Å². The molecular formula is C12H22N2S. The van der Waals surface area contributed by atoms with Crippen molar-refractivity contribution in [2.45, 2.75) is 39.4 Å². The van der Waals surface area contributed by atoms with E-state index in [1.165, 1.54) is 4.88 Å². The molecule has 1 unspecified atom stereocenters. The minimum absolute atomic E-state index is 0.572. The lowest BCUT2D eigenvalue weighted by molar-refractivity contribution is 0.241. The summed E-state index contributed by atoms with van der Waals surface area (Å²) in [5.74, 6) is 0. The zero-order chi connectivity index (χ0) is 11.3. The SMILES string of the molecule is CC(C)NCC(C)N(C)Cc1cccs1. The molecule has 0 bridgehead atoms. The summed E-state index contributed by atoms with van der Waals surface area (Å²) < 4.78 is 0. The van der Waals surface area contributed by atoms with Gasteiger partial charge in [0.05, 0.1) is 0 Å². The molecule has 0 aliphatic carbocycles. The molecule has 0 spiro atoms. The maximum Gasteiger partial charge on any atom is 0.0328 e. The van der Waals surface area contributed by atoms with Crippen LogP contribution in [-0.2, 0) is 6.54 Å². The molecule has 0 aliphatic heterocycles. The summed E-state index contributed by atoms with van der Waals surface area (Å²) >= 11 is 1.83. The molecular weight excluding hydrogens is 204 g/mol. The van der Waals surface area contributed by atoms with E-state index in [1.54, 1.807) is 0 Å². The Labute approximate surface area is 97.3 Å². The molecule has 0 saturated carbocycles. The fraction of sp³-hybridized carbons (Fsp3) is 0.667. The van der Waals surface area contributed by atoms with Crippen LogP contribution in [-0.4, -0.2) is 30.6 Å². The predicted molar refractivity (Wildman–Crippen MR) is 68.4 cm³/mol. The van der Waals surface area contributed by atoms with E-state index in [2.05, 4.69) is 55.5 Å². The first-order valence-corrected chi connectivity index (χ1v) is 6.43. The van der Waals surface area contributed by atoms with Crippen LogP contribution < -0.4 is 5.32 Å². The van der Waals surface area contributed by atoms with Crippen LogP contribution in [0.15, 0.2) is 17.5 Å². The number of nitrogens with zero attached hydrogens (tertiary/aromatic N) is 1. The molecule has 1 N–H and O–H groups in total. The lowest BCUT2D eigenvalue weighted by atomic mass is 10.2. The average molecular weight is 226 g/mol. The van der Waals surface area contributed by atoms with Crippen molar-refractivity contribution < 1.29 is 0 Å². The molecule has 1 rings (SSSR count). The molecule has 15 heavy (non-hydrogen) atoms. The van der Waals surface area contributed by atoms with E-state index in [1.807, 2.05) is 11.3 Å². The molecule has 1 aromatic heterocycles. The largest absolute Gasteiger partial charge is 0.313 e. The van der Waals surface area contributed by atoms with Crippen molar-refractivity contribution in [3.05, 3.63) is 22.4 Å². The lowest BCUT2D eigenvalue weighted by Crippen LogP contribution is -2.39. The zero-order valence-corrected chi connectivity index (χ0v) is 11.0. The third-order valence-electron chi connectivity index (χ3n) is 2.56. The van der Waals surface area contributed by atoms with Gasteiger partial charge in [0.15, 0.2) is 0 Å². The first-order chi connectivity index (χ1) is 7.09. The van der Waals surface area contributed by atoms with Gasteiger partial charge in [-0.2, -0.15) is 0 Å². The molecule has 0 amide bonds. The van der Waals surface area contributed by atoms with Crippen LogP contribution in [0.3, 0.4) is 0 Å². The normalized spacial score (nSPS) is 13.7. The Bertz CT molecular complexity index is 257. The molecule has 0 saturated heterocycles. The monoisotopic (exact) mass is 226 g/mol. The molecule has 0 aromatic carbocycles. The summed E-state index contributed by atoms with van der Waals surface area (Å²) in [6.45, 7) is 8.75. The average Bonchev–Trinajstić information content (AvgIpc) is 2.66. The van der Waals surface area contributed by atoms with Crippen LogP contribution in [0.25, 0.3) is 0 Å². The van der Waals surface area contributed by atoms with E-state index >= 15 is 0 Å². The van der Waals surface area contributed by atoms with Crippen molar-refractivity contribution in [2.24, 2.45) is 0 Å². The van der Waals surface area contributed by atoms with Crippen molar-refractivity contribution in [1.29, 1.82) is 0 Å². The Kier molecular flexibility index (Phi) is 5.29. The van der Waals surface area contributed by atoms with E-state index in [9.17, 15) is 0 Å². The summed E-state index contributed by atoms with van der Waals surface area (Å²) in [7, 11) is 2.19.